The number of methoxy groups -OCH3 is 1. The highest BCUT2D eigenvalue weighted by Crippen LogP contribution is 2.29. The molecule has 3 rings (SSSR count). The molecule has 18 heavy (non-hydrogen) atoms. The Kier molecular flexibility index (Phi) is 2.80. The van der Waals surface area contributed by atoms with Gasteiger partial charge in [-0.25, -0.2) is 4.98 Å². The summed E-state index contributed by atoms with van der Waals surface area (Å²) in [5.74, 6) is 1.87. The van der Waals surface area contributed by atoms with Gasteiger partial charge in [0, 0.05) is 30.7 Å². The van der Waals surface area contributed by atoms with Crippen LogP contribution < -0.4 is 15.4 Å². The lowest BCUT2D eigenvalue weighted by atomic mass is 10.1. The lowest BCUT2D eigenvalue weighted by Crippen LogP contribution is -2.26. The van der Waals surface area contributed by atoms with Gasteiger partial charge in [-0.05, 0) is 30.0 Å². The summed E-state index contributed by atoms with van der Waals surface area (Å²) < 4.78 is 5.29. The third-order valence-corrected chi connectivity index (χ3v) is 3.48. The SMILES string of the molecule is COc1ccc2ccnc(N3CCC(N)C3)c2c1. The molecule has 1 aliphatic heterocycles. The first-order chi connectivity index (χ1) is 8.78. The highest BCUT2D eigenvalue weighted by atomic mass is 16.5. The zero-order chi connectivity index (χ0) is 12.5. The second-order valence-corrected chi connectivity index (χ2v) is 4.72. The van der Waals surface area contributed by atoms with Crippen LogP contribution in [0.4, 0.5) is 5.82 Å². The Morgan fingerprint density at radius 1 is 1.39 bits per heavy atom. The Balaban J connectivity index is 2.10. The van der Waals surface area contributed by atoms with Crippen LogP contribution in [0.1, 0.15) is 6.42 Å². The van der Waals surface area contributed by atoms with Gasteiger partial charge >= 0.3 is 0 Å². The number of nitrogens with zero attached hydrogens (tertiary/aromatic N) is 2. The zero-order valence-electron chi connectivity index (χ0n) is 10.5. The van der Waals surface area contributed by atoms with Gasteiger partial charge in [-0.15, -0.1) is 0 Å². The molecule has 4 nitrogen and oxygen atoms in total. The first-order valence-electron chi connectivity index (χ1n) is 6.21. The van der Waals surface area contributed by atoms with Gasteiger partial charge in [-0.2, -0.15) is 0 Å². The van der Waals surface area contributed by atoms with Gasteiger partial charge in [-0.1, -0.05) is 6.07 Å². The number of pyridine rings is 1. The number of benzene rings is 1. The van der Waals surface area contributed by atoms with E-state index in [9.17, 15) is 0 Å². The third kappa shape index (κ3) is 1.88. The van der Waals surface area contributed by atoms with Gasteiger partial charge in [0.25, 0.3) is 0 Å². The summed E-state index contributed by atoms with van der Waals surface area (Å²) in [5, 5.41) is 2.31. The average molecular weight is 243 g/mol. The number of aromatic nitrogens is 1. The maximum atomic E-state index is 5.97. The van der Waals surface area contributed by atoms with Gasteiger partial charge in [0.2, 0.25) is 0 Å². The molecule has 94 valence electrons. The van der Waals surface area contributed by atoms with E-state index in [4.69, 9.17) is 10.5 Å². The lowest BCUT2D eigenvalue weighted by molar-refractivity contribution is 0.415. The van der Waals surface area contributed by atoms with E-state index < -0.39 is 0 Å². The average Bonchev–Trinajstić information content (AvgIpc) is 2.84. The second-order valence-electron chi connectivity index (χ2n) is 4.72. The third-order valence-electron chi connectivity index (χ3n) is 3.48. The van der Waals surface area contributed by atoms with E-state index in [1.54, 1.807) is 7.11 Å². The number of hydrogen-bond donors (Lipinski definition) is 1. The first-order valence-corrected chi connectivity index (χ1v) is 6.21. The molecule has 1 saturated heterocycles. The smallest absolute Gasteiger partial charge is 0.136 e. The molecule has 1 aromatic carbocycles. The minimum Gasteiger partial charge on any atom is -0.497 e. The van der Waals surface area contributed by atoms with Crippen molar-refractivity contribution in [3.63, 3.8) is 0 Å². The molecule has 0 amide bonds. The summed E-state index contributed by atoms with van der Waals surface area (Å²) >= 11 is 0. The molecule has 0 bridgehead atoms. The molecule has 1 aliphatic rings. The quantitative estimate of drug-likeness (QED) is 0.873. The van der Waals surface area contributed by atoms with E-state index >= 15 is 0 Å². The fraction of sp³-hybridized carbons (Fsp3) is 0.357. The van der Waals surface area contributed by atoms with Crippen molar-refractivity contribution in [3.8, 4) is 5.75 Å². The minimum atomic E-state index is 0.257. The molecule has 0 aliphatic carbocycles. The van der Waals surface area contributed by atoms with Gasteiger partial charge in [0.05, 0.1) is 7.11 Å². The number of fused-ring (bicyclic) bond motifs is 1. The van der Waals surface area contributed by atoms with Gasteiger partial charge in [0.15, 0.2) is 0 Å². The molecular formula is C14H17N3O. The molecule has 0 spiro atoms. The van der Waals surface area contributed by atoms with Gasteiger partial charge in [-0.3, -0.25) is 0 Å². The number of hydrogen-bond acceptors (Lipinski definition) is 4. The number of anilines is 1. The summed E-state index contributed by atoms with van der Waals surface area (Å²) in [6.07, 6.45) is 2.88. The molecule has 0 saturated carbocycles. The second kappa shape index (κ2) is 4.46. The van der Waals surface area contributed by atoms with Crippen LogP contribution in [0, 0.1) is 0 Å². The van der Waals surface area contributed by atoms with Crippen LogP contribution in [-0.4, -0.2) is 31.2 Å². The van der Waals surface area contributed by atoms with E-state index in [0.717, 1.165) is 36.5 Å². The zero-order valence-corrected chi connectivity index (χ0v) is 10.5. The topological polar surface area (TPSA) is 51.4 Å². The fourth-order valence-electron chi connectivity index (χ4n) is 2.49. The summed E-state index contributed by atoms with van der Waals surface area (Å²) in [6.45, 7) is 1.85. The number of rotatable bonds is 2. The van der Waals surface area contributed by atoms with Crippen molar-refractivity contribution in [1.29, 1.82) is 0 Å². The monoisotopic (exact) mass is 243 g/mol. The fourth-order valence-corrected chi connectivity index (χ4v) is 2.49. The lowest BCUT2D eigenvalue weighted by Gasteiger charge is -2.19. The van der Waals surface area contributed by atoms with Gasteiger partial charge < -0.3 is 15.4 Å². The van der Waals surface area contributed by atoms with E-state index in [1.165, 1.54) is 5.39 Å². The minimum absolute atomic E-state index is 0.257. The molecule has 2 N–H and O–H groups in total. The van der Waals surface area contributed by atoms with Crippen molar-refractivity contribution in [2.75, 3.05) is 25.1 Å². The molecule has 2 heterocycles. The van der Waals surface area contributed by atoms with E-state index in [-0.39, 0.29) is 6.04 Å². The summed E-state index contributed by atoms with van der Waals surface area (Å²) in [7, 11) is 1.68. The molecule has 1 atom stereocenters. The Morgan fingerprint density at radius 3 is 3.00 bits per heavy atom. The summed E-state index contributed by atoms with van der Waals surface area (Å²) in [6, 6.07) is 8.36. The number of ether oxygens (including phenoxy) is 1. The van der Waals surface area contributed by atoms with E-state index in [1.807, 2.05) is 24.4 Å². The van der Waals surface area contributed by atoms with Crippen LogP contribution in [0.3, 0.4) is 0 Å². The maximum Gasteiger partial charge on any atom is 0.136 e. The molecule has 1 unspecified atom stereocenters. The van der Waals surface area contributed by atoms with Crippen molar-refractivity contribution < 1.29 is 4.74 Å². The first kappa shape index (κ1) is 11.3. The molecule has 4 heteroatoms. The molecule has 1 fully saturated rings. The largest absolute Gasteiger partial charge is 0.497 e. The molecular weight excluding hydrogens is 226 g/mol. The van der Waals surface area contributed by atoms with Gasteiger partial charge in [0.1, 0.15) is 11.6 Å². The predicted octanol–water partition coefficient (Wildman–Crippen LogP) is 1.78. The highest BCUT2D eigenvalue weighted by molar-refractivity contribution is 5.93. The highest BCUT2D eigenvalue weighted by Gasteiger charge is 2.21. The van der Waals surface area contributed by atoms with Crippen molar-refractivity contribution >= 4 is 16.6 Å². The Bertz CT molecular complexity index is 570. The Morgan fingerprint density at radius 2 is 2.28 bits per heavy atom. The van der Waals surface area contributed by atoms with Crippen LogP contribution >= 0.6 is 0 Å². The van der Waals surface area contributed by atoms with E-state index in [0.29, 0.717) is 0 Å². The normalized spacial score (nSPS) is 19.4. The van der Waals surface area contributed by atoms with E-state index in [2.05, 4.69) is 16.0 Å². The summed E-state index contributed by atoms with van der Waals surface area (Å²) in [4.78, 5) is 6.77. The van der Waals surface area contributed by atoms with Crippen molar-refractivity contribution in [3.05, 3.63) is 30.5 Å². The molecule has 0 radical (unpaired) electrons. The van der Waals surface area contributed by atoms with Crippen molar-refractivity contribution in [1.82, 2.24) is 4.98 Å². The Labute approximate surface area is 106 Å². The van der Waals surface area contributed by atoms with Crippen LogP contribution in [0.15, 0.2) is 30.5 Å². The van der Waals surface area contributed by atoms with Crippen LogP contribution in [0.2, 0.25) is 0 Å². The summed E-state index contributed by atoms with van der Waals surface area (Å²) in [5.41, 5.74) is 5.97. The van der Waals surface area contributed by atoms with Crippen molar-refractivity contribution in [2.24, 2.45) is 5.73 Å². The predicted molar refractivity (Wildman–Crippen MR) is 73.1 cm³/mol. The number of nitrogens with two attached hydrogens (primary N) is 1. The van der Waals surface area contributed by atoms with Crippen LogP contribution in [0.25, 0.3) is 10.8 Å². The van der Waals surface area contributed by atoms with Crippen LogP contribution in [0.5, 0.6) is 5.75 Å². The van der Waals surface area contributed by atoms with Crippen LogP contribution in [-0.2, 0) is 0 Å². The standard InChI is InChI=1S/C14H17N3O/c1-18-12-3-2-10-4-6-16-14(13(10)8-12)17-7-5-11(15)9-17/h2-4,6,8,11H,5,7,9,15H2,1H3. The Hall–Kier alpha value is -1.81. The van der Waals surface area contributed by atoms with Crippen molar-refractivity contribution in [2.45, 2.75) is 12.5 Å². The maximum absolute atomic E-state index is 5.97. The molecule has 2 aromatic rings. The molecule has 1 aromatic heterocycles.